The van der Waals surface area contributed by atoms with E-state index in [1.165, 1.54) is 19.2 Å². The third-order valence-electron chi connectivity index (χ3n) is 6.61. The molecule has 2 atom stereocenters. The van der Waals surface area contributed by atoms with E-state index < -0.39 is 35.0 Å². The molecule has 5 N–H and O–H groups in total. The van der Waals surface area contributed by atoms with Crippen LogP contribution in [0.4, 0.5) is 28.9 Å². The molecule has 3 aromatic rings. The third kappa shape index (κ3) is 6.41. The summed E-state index contributed by atoms with van der Waals surface area (Å²) >= 11 is 0. The Kier molecular flexibility index (Phi) is 8.02. The van der Waals surface area contributed by atoms with Gasteiger partial charge in [0.15, 0.2) is 0 Å². The zero-order chi connectivity index (χ0) is 28.5. The Morgan fingerprint density at radius 2 is 1.97 bits per heavy atom. The fourth-order valence-electron chi connectivity index (χ4n) is 4.77. The number of methoxy groups -OCH3 is 1. The molecule has 8 nitrogen and oxygen atoms in total. The Hall–Kier alpha value is -3.47. The second-order valence-electron chi connectivity index (χ2n) is 9.48. The van der Waals surface area contributed by atoms with Gasteiger partial charge in [-0.05, 0) is 43.7 Å². The first-order chi connectivity index (χ1) is 18.3. The number of nitrogens with two attached hydrogens (primary N) is 2. The topological polar surface area (TPSA) is 116 Å². The standard InChI is InChI=1S/C26H29F4N5O3S/c1-34-12-11-21(19(27)14-34)33-20-7-4-8-22-18(20)13-17(35(22)15-26(28,29)30)6-3-5-16-9-10-23(39(32,36)37)24(31)25(16)38-2/h4,7-10,13,19,21,33H,5,11-12,14-15,31H2,1-2H3,(H2,32,36,37)/t19-,21+/m0/s1. The summed E-state index contributed by atoms with van der Waals surface area (Å²) in [6.45, 7) is -0.291. The highest BCUT2D eigenvalue weighted by atomic mass is 32.2. The number of nitrogens with one attached hydrogen (secondary N) is 1. The van der Waals surface area contributed by atoms with Crippen LogP contribution >= 0.6 is 0 Å². The summed E-state index contributed by atoms with van der Waals surface area (Å²) in [7, 11) is -0.947. The van der Waals surface area contributed by atoms with E-state index in [0.717, 1.165) is 4.57 Å². The van der Waals surface area contributed by atoms with Crippen LogP contribution in [-0.4, -0.2) is 63.5 Å². The molecule has 13 heteroatoms. The van der Waals surface area contributed by atoms with E-state index in [1.54, 1.807) is 24.3 Å². The lowest BCUT2D eigenvalue weighted by atomic mass is 10.0. The number of hydrogen-bond donors (Lipinski definition) is 3. The molecule has 1 saturated heterocycles. The minimum Gasteiger partial charge on any atom is -0.494 e. The highest BCUT2D eigenvalue weighted by Gasteiger charge is 2.31. The van der Waals surface area contributed by atoms with Crippen molar-refractivity contribution in [3.8, 4) is 17.6 Å². The van der Waals surface area contributed by atoms with Crippen LogP contribution in [0, 0.1) is 11.8 Å². The Labute approximate surface area is 223 Å². The maximum Gasteiger partial charge on any atom is 0.406 e. The van der Waals surface area contributed by atoms with E-state index in [2.05, 4.69) is 17.2 Å². The molecule has 0 saturated carbocycles. The van der Waals surface area contributed by atoms with Crippen LogP contribution in [-0.2, 0) is 23.0 Å². The van der Waals surface area contributed by atoms with Crippen LogP contribution in [0.1, 0.15) is 17.7 Å². The molecule has 39 heavy (non-hydrogen) atoms. The maximum absolute atomic E-state index is 14.7. The number of aromatic nitrogens is 1. The highest BCUT2D eigenvalue weighted by molar-refractivity contribution is 7.89. The number of rotatable bonds is 6. The van der Waals surface area contributed by atoms with Gasteiger partial charge in [0.25, 0.3) is 0 Å². The van der Waals surface area contributed by atoms with Crippen LogP contribution in [0.5, 0.6) is 5.75 Å². The molecule has 0 aliphatic carbocycles. The van der Waals surface area contributed by atoms with Crippen LogP contribution in [0.15, 0.2) is 41.3 Å². The Morgan fingerprint density at radius 3 is 2.62 bits per heavy atom. The lowest BCUT2D eigenvalue weighted by molar-refractivity contribution is -0.140. The number of primary sulfonamides is 1. The van der Waals surface area contributed by atoms with Gasteiger partial charge in [0.05, 0.1) is 30.0 Å². The number of hydrogen-bond acceptors (Lipinski definition) is 6. The van der Waals surface area contributed by atoms with Crippen molar-refractivity contribution in [2.24, 2.45) is 5.14 Å². The summed E-state index contributed by atoms with van der Waals surface area (Å²) < 4.78 is 85.0. The molecule has 2 aromatic carbocycles. The van der Waals surface area contributed by atoms with Crippen LogP contribution in [0.3, 0.4) is 0 Å². The molecule has 1 aromatic heterocycles. The molecule has 0 unspecified atom stereocenters. The number of piperidine rings is 1. The van der Waals surface area contributed by atoms with Gasteiger partial charge in [0.2, 0.25) is 10.0 Å². The van der Waals surface area contributed by atoms with Gasteiger partial charge in [-0.2, -0.15) is 13.2 Å². The van der Waals surface area contributed by atoms with E-state index in [1.807, 2.05) is 11.9 Å². The van der Waals surface area contributed by atoms with E-state index in [0.29, 0.717) is 35.1 Å². The predicted octanol–water partition coefficient (Wildman–Crippen LogP) is 3.49. The van der Waals surface area contributed by atoms with Crippen LogP contribution in [0.2, 0.25) is 0 Å². The van der Waals surface area contributed by atoms with E-state index in [-0.39, 0.29) is 35.0 Å². The number of anilines is 2. The molecule has 0 radical (unpaired) electrons. The summed E-state index contributed by atoms with van der Waals surface area (Å²) in [6, 6.07) is 8.64. The first kappa shape index (κ1) is 28.5. The molecule has 1 fully saturated rings. The fraction of sp³-hybridized carbons (Fsp3) is 0.385. The zero-order valence-electron chi connectivity index (χ0n) is 21.3. The van der Waals surface area contributed by atoms with Gasteiger partial charge in [-0.15, -0.1) is 0 Å². The number of alkyl halides is 4. The maximum atomic E-state index is 14.7. The van der Waals surface area contributed by atoms with Gasteiger partial charge in [-0.1, -0.05) is 18.1 Å². The Morgan fingerprint density at radius 1 is 1.23 bits per heavy atom. The lowest BCUT2D eigenvalue weighted by Gasteiger charge is -2.33. The normalized spacial score (nSPS) is 18.5. The van der Waals surface area contributed by atoms with Gasteiger partial charge in [0, 0.05) is 36.1 Å². The number of fused-ring (bicyclic) bond motifs is 1. The van der Waals surface area contributed by atoms with Crippen LogP contribution < -0.4 is 20.9 Å². The molecule has 2 heterocycles. The minimum atomic E-state index is -4.51. The van der Waals surface area contributed by atoms with Crippen molar-refractivity contribution in [2.75, 3.05) is 38.3 Å². The summed E-state index contributed by atoms with van der Waals surface area (Å²) in [4.78, 5) is 1.59. The Balaban J connectivity index is 1.71. The number of benzene rings is 2. The van der Waals surface area contributed by atoms with Gasteiger partial charge in [-0.3, -0.25) is 0 Å². The molecular formula is C26H29F4N5O3S. The highest BCUT2D eigenvalue weighted by Crippen LogP contribution is 2.33. The summed E-state index contributed by atoms with van der Waals surface area (Å²) in [5.41, 5.74) is 7.13. The first-order valence-electron chi connectivity index (χ1n) is 12.0. The second kappa shape index (κ2) is 11.0. The molecule has 4 rings (SSSR count). The average Bonchev–Trinajstić information content (AvgIpc) is 3.17. The van der Waals surface area contributed by atoms with Gasteiger partial charge >= 0.3 is 6.18 Å². The van der Waals surface area contributed by atoms with E-state index in [4.69, 9.17) is 15.6 Å². The Bertz CT molecular complexity index is 1540. The molecule has 0 spiro atoms. The third-order valence-corrected chi connectivity index (χ3v) is 7.58. The monoisotopic (exact) mass is 567 g/mol. The smallest absolute Gasteiger partial charge is 0.406 e. The van der Waals surface area contributed by atoms with E-state index >= 15 is 0 Å². The minimum absolute atomic E-state index is 0.00997. The molecule has 210 valence electrons. The van der Waals surface area contributed by atoms with Gasteiger partial charge in [-0.25, -0.2) is 17.9 Å². The van der Waals surface area contributed by atoms with Crippen molar-refractivity contribution in [2.45, 2.75) is 42.7 Å². The van der Waals surface area contributed by atoms with Crippen molar-refractivity contribution in [1.29, 1.82) is 0 Å². The average molecular weight is 568 g/mol. The van der Waals surface area contributed by atoms with Crippen molar-refractivity contribution in [3.63, 3.8) is 0 Å². The van der Waals surface area contributed by atoms with Crippen molar-refractivity contribution in [1.82, 2.24) is 9.47 Å². The first-order valence-corrected chi connectivity index (χ1v) is 13.6. The van der Waals surface area contributed by atoms with E-state index in [9.17, 15) is 26.0 Å². The number of nitrogens with zero attached hydrogens (tertiary/aromatic N) is 2. The SMILES string of the molecule is COc1c(CC#Cc2cc3c(N[C@@H]4CCN(C)C[C@@H]4F)cccc3n2CC(F)(F)F)ccc(S(N)(=O)=O)c1N. The molecular weight excluding hydrogens is 538 g/mol. The molecule has 1 aliphatic rings. The number of sulfonamides is 1. The van der Waals surface area contributed by atoms with Crippen molar-refractivity contribution in [3.05, 3.63) is 47.7 Å². The molecule has 1 aliphatic heterocycles. The fourth-order valence-corrected chi connectivity index (χ4v) is 5.42. The quantitative estimate of drug-likeness (QED) is 0.239. The number of ether oxygens (including phenoxy) is 1. The van der Waals surface area contributed by atoms with Crippen molar-refractivity contribution < 1.29 is 30.7 Å². The summed E-state index contributed by atoms with van der Waals surface area (Å²) in [6.07, 6.45) is -5.07. The largest absolute Gasteiger partial charge is 0.494 e. The number of halogens is 4. The number of nitrogen functional groups attached to an aromatic ring is 1. The summed E-state index contributed by atoms with van der Waals surface area (Å²) in [5.74, 6) is 5.70. The number of likely N-dealkylation sites (tertiary alicyclic amines) is 1. The van der Waals surface area contributed by atoms with Gasteiger partial charge < -0.3 is 25.3 Å². The molecule has 0 bridgehead atoms. The summed E-state index contributed by atoms with van der Waals surface area (Å²) in [5, 5.41) is 8.86. The van der Waals surface area contributed by atoms with Gasteiger partial charge in [0.1, 0.15) is 23.4 Å². The zero-order valence-corrected chi connectivity index (χ0v) is 22.2. The lowest BCUT2D eigenvalue weighted by Crippen LogP contribution is -2.46. The van der Waals surface area contributed by atoms with Crippen molar-refractivity contribution >= 4 is 32.3 Å². The second-order valence-corrected chi connectivity index (χ2v) is 11.0. The van der Waals surface area contributed by atoms with Crippen LogP contribution in [0.25, 0.3) is 10.9 Å². The molecule has 0 amide bonds. The predicted molar refractivity (Wildman–Crippen MR) is 142 cm³/mol.